The number of rotatable bonds is 10. The zero-order chi connectivity index (χ0) is 24.7. The Morgan fingerprint density at radius 3 is 2.54 bits per heavy atom. The van der Waals surface area contributed by atoms with Crippen LogP contribution in [0.4, 0.5) is 5.69 Å². The normalized spacial score (nSPS) is 13.9. The summed E-state index contributed by atoms with van der Waals surface area (Å²) in [5, 5.41) is 4.03. The highest BCUT2D eigenvalue weighted by Gasteiger charge is 2.28. The Hall–Kier alpha value is -3.30. The third-order valence-corrected chi connectivity index (χ3v) is 8.42. The van der Waals surface area contributed by atoms with E-state index >= 15 is 0 Å². The summed E-state index contributed by atoms with van der Waals surface area (Å²) in [6.45, 7) is 1.53. The first-order chi connectivity index (χ1) is 17.0. The van der Waals surface area contributed by atoms with Gasteiger partial charge >= 0.3 is 0 Å². The average molecular weight is 510 g/mol. The number of aryl methyl sites for hydroxylation is 1. The Morgan fingerprint density at radius 1 is 1.09 bits per heavy atom. The number of nitrogens with one attached hydrogen (secondary N) is 1. The minimum Gasteiger partial charge on any atom is -0.489 e. The molecule has 1 aliphatic heterocycles. The summed E-state index contributed by atoms with van der Waals surface area (Å²) >= 11 is 1.85. The van der Waals surface area contributed by atoms with Crippen LogP contribution in [0.2, 0.25) is 0 Å². The van der Waals surface area contributed by atoms with E-state index < -0.39 is 22.5 Å². The Morgan fingerprint density at radius 2 is 1.83 bits per heavy atom. The highest BCUT2D eigenvalue weighted by atomic mass is 32.2. The molecule has 0 aromatic heterocycles. The highest BCUT2D eigenvalue weighted by Crippen LogP contribution is 2.27. The van der Waals surface area contributed by atoms with Gasteiger partial charge in [-0.25, -0.2) is 13.8 Å². The van der Waals surface area contributed by atoms with E-state index in [0.717, 1.165) is 32.7 Å². The lowest BCUT2D eigenvalue weighted by Gasteiger charge is -2.26. The Kier molecular flexibility index (Phi) is 8.09. The van der Waals surface area contributed by atoms with Crippen molar-refractivity contribution in [2.24, 2.45) is 5.10 Å². The number of para-hydroxylation sites is 1. The number of benzene rings is 3. The van der Waals surface area contributed by atoms with E-state index in [9.17, 15) is 13.2 Å². The topological polar surface area (TPSA) is 88.1 Å². The first-order valence-electron chi connectivity index (χ1n) is 11.3. The van der Waals surface area contributed by atoms with Crippen LogP contribution in [0.5, 0.6) is 5.75 Å². The molecule has 1 heterocycles. The molecule has 0 atom stereocenters. The van der Waals surface area contributed by atoms with Gasteiger partial charge in [0.15, 0.2) is 0 Å². The van der Waals surface area contributed by atoms with Crippen molar-refractivity contribution in [2.75, 3.05) is 22.4 Å². The van der Waals surface area contributed by atoms with E-state index in [1.807, 2.05) is 55.1 Å². The number of hydrogen-bond acceptors (Lipinski definition) is 6. The molecule has 3 aromatic carbocycles. The second-order valence-corrected chi connectivity index (χ2v) is 10.9. The molecule has 1 amide bonds. The molecule has 0 saturated carbocycles. The van der Waals surface area contributed by atoms with Gasteiger partial charge < -0.3 is 4.74 Å². The van der Waals surface area contributed by atoms with Crippen LogP contribution in [-0.2, 0) is 21.2 Å². The molecule has 0 radical (unpaired) electrons. The zero-order valence-corrected chi connectivity index (χ0v) is 21.0. The van der Waals surface area contributed by atoms with Gasteiger partial charge in [0.2, 0.25) is 0 Å². The lowest BCUT2D eigenvalue weighted by molar-refractivity contribution is -0.119. The van der Waals surface area contributed by atoms with Crippen LogP contribution in [0.3, 0.4) is 0 Å². The minimum absolute atomic E-state index is 0.115. The summed E-state index contributed by atoms with van der Waals surface area (Å²) in [6, 6.07) is 22.7. The van der Waals surface area contributed by atoms with Crippen LogP contribution < -0.4 is 14.5 Å². The van der Waals surface area contributed by atoms with Crippen LogP contribution in [0, 0.1) is 0 Å². The summed E-state index contributed by atoms with van der Waals surface area (Å²) in [4.78, 5) is 12.9. The molecular formula is C26H27N3O4S2. The number of carbonyl (C=O) groups is 1. The van der Waals surface area contributed by atoms with Crippen molar-refractivity contribution >= 4 is 39.6 Å². The van der Waals surface area contributed by atoms with Gasteiger partial charge in [-0.3, -0.25) is 9.10 Å². The first kappa shape index (κ1) is 24.8. The third kappa shape index (κ3) is 6.23. The minimum atomic E-state index is -3.97. The monoisotopic (exact) mass is 509 g/mol. The lowest BCUT2D eigenvalue weighted by atomic mass is 10.1. The van der Waals surface area contributed by atoms with Crippen molar-refractivity contribution in [3.8, 4) is 5.75 Å². The van der Waals surface area contributed by atoms with Crippen LogP contribution in [0.1, 0.15) is 18.1 Å². The van der Waals surface area contributed by atoms with Gasteiger partial charge in [-0.1, -0.05) is 55.5 Å². The molecule has 0 aliphatic carbocycles. The molecule has 1 aliphatic rings. The summed E-state index contributed by atoms with van der Waals surface area (Å²) in [7, 11) is -3.97. The number of amides is 1. The number of ether oxygens (including phenoxy) is 1. The fourth-order valence-corrected chi connectivity index (χ4v) is 5.60. The van der Waals surface area contributed by atoms with E-state index in [1.54, 1.807) is 30.3 Å². The van der Waals surface area contributed by atoms with Gasteiger partial charge in [0, 0.05) is 11.5 Å². The van der Waals surface area contributed by atoms with Crippen molar-refractivity contribution in [1.29, 1.82) is 0 Å². The molecule has 1 fully saturated rings. The van der Waals surface area contributed by atoms with Crippen LogP contribution in [0.25, 0.3) is 0 Å². The van der Waals surface area contributed by atoms with Crippen LogP contribution >= 0.6 is 11.8 Å². The molecule has 1 saturated heterocycles. The molecular weight excluding hydrogens is 482 g/mol. The molecule has 3 aromatic rings. The summed E-state index contributed by atoms with van der Waals surface area (Å²) in [5.41, 5.74) is 4.51. The third-order valence-electron chi connectivity index (χ3n) is 5.43. The van der Waals surface area contributed by atoms with Crippen molar-refractivity contribution in [1.82, 2.24) is 5.43 Å². The Labute approximate surface area is 210 Å². The summed E-state index contributed by atoms with van der Waals surface area (Å²) in [6.07, 6.45) is 2.36. The molecule has 7 nitrogen and oxygen atoms in total. The zero-order valence-electron chi connectivity index (χ0n) is 19.3. The maximum Gasteiger partial charge on any atom is 0.264 e. The van der Waals surface area contributed by atoms with Crippen molar-refractivity contribution in [2.45, 2.75) is 24.3 Å². The molecule has 4 rings (SSSR count). The molecule has 0 spiro atoms. The van der Waals surface area contributed by atoms with Gasteiger partial charge in [-0.15, -0.1) is 0 Å². The maximum absolute atomic E-state index is 13.5. The second kappa shape index (κ2) is 11.4. The average Bonchev–Trinajstić information content (AvgIpc) is 2.85. The van der Waals surface area contributed by atoms with Crippen molar-refractivity contribution in [3.05, 3.63) is 90.0 Å². The number of sulfonamides is 1. The van der Waals surface area contributed by atoms with E-state index in [4.69, 9.17) is 4.74 Å². The van der Waals surface area contributed by atoms with Gasteiger partial charge in [-0.05, 0) is 47.9 Å². The van der Waals surface area contributed by atoms with E-state index in [2.05, 4.69) is 10.5 Å². The number of thioether (sulfide) groups is 1. The molecule has 182 valence electrons. The van der Waals surface area contributed by atoms with E-state index in [-0.39, 0.29) is 11.0 Å². The van der Waals surface area contributed by atoms with Crippen molar-refractivity contribution in [3.63, 3.8) is 0 Å². The Balaban J connectivity index is 1.50. The number of carbonyl (C=O) groups excluding carboxylic acids is 1. The highest BCUT2D eigenvalue weighted by molar-refractivity contribution is 8.00. The molecule has 35 heavy (non-hydrogen) atoms. The number of anilines is 1. The molecule has 0 unspecified atom stereocenters. The summed E-state index contributed by atoms with van der Waals surface area (Å²) < 4.78 is 34.0. The van der Waals surface area contributed by atoms with Crippen molar-refractivity contribution < 1.29 is 17.9 Å². The van der Waals surface area contributed by atoms with Gasteiger partial charge in [0.1, 0.15) is 18.4 Å². The quantitative estimate of drug-likeness (QED) is 0.329. The fraction of sp³-hybridized carbons (Fsp3) is 0.231. The van der Waals surface area contributed by atoms with Gasteiger partial charge in [0.05, 0.1) is 16.8 Å². The molecule has 1 N–H and O–H groups in total. The lowest BCUT2D eigenvalue weighted by Crippen LogP contribution is -2.40. The van der Waals surface area contributed by atoms with Crippen LogP contribution in [0.15, 0.2) is 88.9 Å². The Bertz CT molecular complexity index is 1290. The first-order valence-corrected chi connectivity index (χ1v) is 13.9. The van der Waals surface area contributed by atoms with Gasteiger partial charge in [0.25, 0.3) is 15.9 Å². The largest absolute Gasteiger partial charge is 0.489 e. The number of hydrogen-bond donors (Lipinski definition) is 1. The standard InChI is InChI=1S/C26H27N3O4S2/c1-2-21-10-6-7-14-25(21)29(35(31,32)24-12-4-3-5-13-24)17-26(30)28-27-16-20-9-8-11-22(15-20)33-23-18-34-19-23/h3-16,23H,2,17-19H2,1H3,(H,28,30)/b27-16-. The van der Waals surface area contributed by atoms with Crippen LogP contribution in [-0.4, -0.2) is 44.7 Å². The smallest absolute Gasteiger partial charge is 0.264 e. The maximum atomic E-state index is 13.5. The number of nitrogens with zero attached hydrogens (tertiary/aromatic N) is 2. The molecule has 0 bridgehead atoms. The fourth-order valence-electron chi connectivity index (χ4n) is 3.56. The predicted octanol–water partition coefficient (Wildman–Crippen LogP) is 4.09. The van der Waals surface area contributed by atoms with Gasteiger partial charge in [-0.2, -0.15) is 16.9 Å². The second-order valence-electron chi connectivity index (χ2n) is 7.95. The number of hydrazone groups is 1. The SMILES string of the molecule is CCc1ccccc1N(CC(=O)N/N=C\c1cccc(OC2CSC2)c1)S(=O)(=O)c1ccccc1. The van der Waals surface area contributed by atoms with E-state index in [0.29, 0.717) is 12.1 Å². The molecule has 9 heteroatoms. The van der Waals surface area contributed by atoms with E-state index in [1.165, 1.54) is 18.3 Å². The predicted molar refractivity (Wildman–Crippen MR) is 141 cm³/mol. The summed E-state index contributed by atoms with van der Waals surface area (Å²) in [5.74, 6) is 2.17.